The molecule has 0 spiro atoms. The van der Waals surface area contributed by atoms with Gasteiger partial charge in [-0.05, 0) is 44.5 Å². The first-order chi connectivity index (χ1) is 12.6. The van der Waals surface area contributed by atoms with E-state index in [-0.39, 0.29) is 23.6 Å². The van der Waals surface area contributed by atoms with Crippen LogP contribution >= 0.6 is 0 Å². The van der Waals surface area contributed by atoms with E-state index in [2.05, 4.69) is 5.32 Å². The SMILES string of the molecule is CC(C1CCCCN1)n1c(=O)oc2cc(C(=O)c3ccccc3)ccc21. The normalized spacial score (nSPS) is 18.7. The molecule has 0 saturated carbocycles. The first-order valence-corrected chi connectivity index (χ1v) is 9.13. The summed E-state index contributed by atoms with van der Waals surface area (Å²) in [6, 6.07) is 14.6. The van der Waals surface area contributed by atoms with Gasteiger partial charge in [0.2, 0.25) is 0 Å². The van der Waals surface area contributed by atoms with Gasteiger partial charge in [-0.2, -0.15) is 0 Å². The summed E-state index contributed by atoms with van der Waals surface area (Å²) in [6.45, 7) is 3.03. The summed E-state index contributed by atoms with van der Waals surface area (Å²) in [5, 5.41) is 3.49. The Bertz CT molecular complexity index is 981. The number of hydrogen-bond acceptors (Lipinski definition) is 4. The predicted octanol–water partition coefficient (Wildman–Crippen LogP) is 3.53. The molecule has 26 heavy (non-hydrogen) atoms. The number of fused-ring (bicyclic) bond motifs is 1. The Hall–Kier alpha value is -2.66. The number of aromatic nitrogens is 1. The van der Waals surface area contributed by atoms with Crippen molar-refractivity contribution < 1.29 is 9.21 Å². The minimum absolute atomic E-state index is 0.000255. The number of hydrogen-bond donors (Lipinski definition) is 1. The number of carbonyl (C=O) groups excluding carboxylic acids is 1. The highest BCUT2D eigenvalue weighted by atomic mass is 16.4. The molecule has 5 heteroatoms. The lowest BCUT2D eigenvalue weighted by Gasteiger charge is -2.29. The van der Waals surface area contributed by atoms with Gasteiger partial charge >= 0.3 is 5.76 Å². The van der Waals surface area contributed by atoms with Crippen molar-refractivity contribution >= 4 is 16.9 Å². The van der Waals surface area contributed by atoms with E-state index in [1.165, 1.54) is 12.8 Å². The third-order valence-corrected chi connectivity index (χ3v) is 5.25. The van der Waals surface area contributed by atoms with Crippen LogP contribution in [0.4, 0.5) is 0 Å². The van der Waals surface area contributed by atoms with Crippen LogP contribution in [0.1, 0.15) is 48.1 Å². The molecule has 2 heterocycles. The molecule has 1 N–H and O–H groups in total. The summed E-state index contributed by atoms with van der Waals surface area (Å²) in [6.07, 6.45) is 3.39. The summed E-state index contributed by atoms with van der Waals surface area (Å²) in [5.41, 5.74) is 2.33. The van der Waals surface area contributed by atoms with Gasteiger partial charge < -0.3 is 9.73 Å². The third kappa shape index (κ3) is 2.99. The molecule has 134 valence electrons. The van der Waals surface area contributed by atoms with Crippen molar-refractivity contribution in [3.05, 3.63) is 70.2 Å². The van der Waals surface area contributed by atoms with Crippen LogP contribution in [0.3, 0.4) is 0 Å². The quantitative estimate of drug-likeness (QED) is 0.731. The molecule has 0 amide bonds. The van der Waals surface area contributed by atoms with Crippen LogP contribution in [-0.4, -0.2) is 22.9 Å². The van der Waals surface area contributed by atoms with Crippen LogP contribution in [0, 0.1) is 0 Å². The smallest absolute Gasteiger partial charge is 0.408 e. The summed E-state index contributed by atoms with van der Waals surface area (Å²) in [4.78, 5) is 25.1. The first-order valence-electron chi connectivity index (χ1n) is 9.13. The van der Waals surface area contributed by atoms with E-state index < -0.39 is 0 Å². The van der Waals surface area contributed by atoms with Crippen LogP contribution in [0.15, 0.2) is 57.7 Å². The lowest BCUT2D eigenvalue weighted by Crippen LogP contribution is -2.41. The van der Waals surface area contributed by atoms with Gasteiger partial charge in [-0.25, -0.2) is 4.79 Å². The van der Waals surface area contributed by atoms with Crippen molar-refractivity contribution in [3.63, 3.8) is 0 Å². The molecule has 1 fully saturated rings. The average molecular weight is 350 g/mol. The van der Waals surface area contributed by atoms with E-state index in [9.17, 15) is 9.59 Å². The number of nitrogens with one attached hydrogen (secondary N) is 1. The van der Waals surface area contributed by atoms with Crippen LogP contribution < -0.4 is 11.1 Å². The molecule has 0 radical (unpaired) electrons. The van der Waals surface area contributed by atoms with Gasteiger partial charge in [-0.1, -0.05) is 36.8 Å². The number of piperidine rings is 1. The molecule has 0 aliphatic carbocycles. The van der Waals surface area contributed by atoms with Crippen molar-refractivity contribution in [2.75, 3.05) is 6.54 Å². The van der Waals surface area contributed by atoms with E-state index in [1.807, 2.05) is 31.2 Å². The molecule has 3 aromatic rings. The zero-order chi connectivity index (χ0) is 18.1. The van der Waals surface area contributed by atoms with E-state index >= 15 is 0 Å². The topological polar surface area (TPSA) is 64.2 Å². The molecular formula is C21H22N2O3. The maximum atomic E-state index is 12.6. The van der Waals surface area contributed by atoms with Crippen molar-refractivity contribution in [1.82, 2.24) is 9.88 Å². The van der Waals surface area contributed by atoms with Crippen molar-refractivity contribution in [1.29, 1.82) is 0 Å². The van der Waals surface area contributed by atoms with Crippen molar-refractivity contribution in [3.8, 4) is 0 Å². The molecule has 1 aliphatic heterocycles. The molecule has 2 unspecified atom stereocenters. The Morgan fingerprint density at radius 3 is 2.69 bits per heavy atom. The third-order valence-electron chi connectivity index (χ3n) is 5.25. The molecule has 5 nitrogen and oxygen atoms in total. The molecular weight excluding hydrogens is 328 g/mol. The summed E-state index contributed by atoms with van der Waals surface area (Å²) in [7, 11) is 0. The van der Waals surface area contributed by atoms with Gasteiger partial charge in [0.15, 0.2) is 11.4 Å². The van der Waals surface area contributed by atoms with E-state index in [0.29, 0.717) is 16.7 Å². The average Bonchev–Trinajstić information content (AvgIpc) is 3.03. The van der Waals surface area contributed by atoms with Crippen LogP contribution in [0.25, 0.3) is 11.1 Å². The van der Waals surface area contributed by atoms with Crippen molar-refractivity contribution in [2.24, 2.45) is 0 Å². The maximum absolute atomic E-state index is 12.6. The number of nitrogens with zero attached hydrogens (tertiary/aromatic N) is 1. The molecule has 1 aromatic heterocycles. The monoisotopic (exact) mass is 350 g/mol. The number of carbonyl (C=O) groups is 1. The highest BCUT2D eigenvalue weighted by Crippen LogP contribution is 2.24. The first kappa shape index (κ1) is 16.8. The van der Waals surface area contributed by atoms with E-state index in [4.69, 9.17) is 4.42 Å². The van der Waals surface area contributed by atoms with Crippen LogP contribution in [-0.2, 0) is 0 Å². The molecule has 2 atom stereocenters. The highest BCUT2D eigenvalue weighted by Gasteiger charge is 2.25. The standard InChI is InChI=1S/C21H22N2O3/c1-14(17-9-5-6-12-22-17)23-18-11-10-16(13-19(18)26-21(23)25)20(24)15-7-3-2-4-8-15/h2-4,7-8,10-11,13-14,17,22H,5-6,9,12H2,1H3. The zero-order valence-electron chi connectivity index (χ0n) is 14.8. The Balaban J connectivity index is 1.70. The summed E-state index contributed by atoms with van der Waals surface area (Å²) in [5.74, 6) is -0.450. The van der Waals surface area contributed by atoms with E-state index in [0.717, 1.165) is 18.5 Å². The number of oxazole rings is 1. The van der Waals surface area contributed by atoms with Gasteiger partial charge in [-0.15, -0.1) is 0 Å². The second kappa shape index (κ2) is 6.92. The van der Waals surface area contributed by atoms with E-state index in [1.54, 1.807) is 28.8 Å². The largest absolute Gasteiger partial charge is 0.420 e. The minimum atomic E-state index is -0.371. The number of ketones is 1. The lowest BCUT2D eigenvalue weighted by atomic mass is 9.98. The minimum Gasteiger partial charge on any atom is -0.408 e. The molecule has 0 bridgehead atoms. The Morgan fingerprint density at radius 2 is 1.96 bits per heavy atom. The fourth-order valence-corrected chi connectivity index (χ4v) is 3.79. The zero-order valence-corrected chi connectivity index (χ0v) is 14.8. The molecule has 2 aromatic carbocycles. The Labute approximate surface area is 151 Å². The van der Waals surface area contributed by atoms with Crippen LogP contribution in [0.5, 0.6) is 0 Å². The lowest BCUT2D eigenvalue weighted by molar-refractivity contribution is 0.103. The summed E-state index contributed by atoms with van der Waals surface area (Å²) < 4.78 is 7.17. The summed E-state index contributed by atoms with van der Waals surface area (Å²) >= 11 is 0. The maximum Gasteiger partial charge on any atom is 0.420 e. The van der Waals surface area contributed by atoms with Gasteiger partial charge in [-0.3, -0.25) is 9.36 Å². The van der Waals surface area contributed by atoms with Gasteiger partial charge in [0.1, 0.15) is 0 Å². The Kier molecular flexibility index (Phi) is 4.47. The van der Waals surface area contributed by atoms with Crippen molar-refractivity contribution in [2.45, 2.75) is 38.3 Å². The molecule has 4 rings (SSSR count). The fourth-order valence-electron chi connectivity index (χ4n) is 3.79. The second-order valence-electron chi connectivity index (χ2n) is 6.91. The van der Waals surface area contributed by atoms with Gasteiger partial charge in [0.05, 0.1) is 11.6 Å². The van der Waals surface area contributed by atoms with Crippen LogP contribution in [0.2, 0.25) is 0 Å². The number of rotatable bonds is 4. The predicted molar refractivity (Wildman–Crippen MR) is 101 cm³/mol. The van der Waals surface area contributed by atoms with Gasteiger partial charge in [0.25, 0.3) is 0 Å². The Morgan fingerprint density at radius 1 is 1.15 bits per heavy atom. The van der Waals surface area contributed by atoms with Gasteiger partial charge in [0, 0.05) is 17.2 Å². The molecule has 1 aliphatic rings. The number of benzene rings is 2. The highest BCUT2D eigenvalue weighted by molar-refractivity contribution is 6.10. The fraction of sp³-hybridized carbons (Fsp3) is 0.333. The molecule has 1 saturated heterocycles. The second-order valence-corrected chi connectivity index (χ2v) is 6.91.